The Hall–Kier alpha value is -3.24. The quantitative estimate of drug-likeness (QED) is 0.334. The van der Waals surface area contributed by atoms with Crippen molar-refractivity contribution in [2.75, 3.05) is 52.4 Å². The molecule has 1 amide bonds. The average molecular weight is 482 g/mol. The molecule has 0 fully saturated rings. The zero-order chi connectivity index (χ0) is 24.4. The van der Waals surface area contributed by atoms with Gasteiger partial charge in [-0.05, 0) is 45.0 Å². The normalized spacial score (nSPS) is 15.3. The van der Waals surface area contributed by atoms with E-state index in [1.807, 2.05) is 26.0 Å². The number of hydrogen-bond donors (Lipinski definition) is 3. The number of fused-ring (bicyclic) bond motifs is 3. The Morgan fingerprint density at radius 3 is 2.82 bits per heavy atom. The van der Waals surface area contributed by atoms with E-state index in [0.29, 0.717) is 28.5 Å². The van der Waals surface area contributed by atoms with Crippen molar-refractivity contribution in [1.29, 1.82) is 5.41 Å². The zero-order valence-electron chi connectivity index (χ0n) is 20.0. The van der Waals surface area contributed by atoms with E-state index in [2.05, 4.69) is 20.2 Å². The van der Waals surface area contributed by atoms with Crippen LogP contribution in [0.25, 0.3) is 10.2 Å². The van der Waals surface area contributed by atoms with Gasteiger partial charge in [0.05, 0.1) is 18.2 Å². The van der Waals surface area contributed by atoms with Crippen LogP contribution in [0.15, 0.2) is 18.5 Å². The molecule has 0 radical (unpaired) electrons. The highest BCUT2D eigenvalue weighted by atomic mass is 32.1. The number of benzene rings is 1. The van der Waals surface area contributed by atoms with Crippen LogP contribution in [0.4, 0.5) is 17.2 Å². The number of anilines is 3. The van der Waals surface area contributed by atoms with Crippen LogP contribution in [-0.2, 0) is 17.6 Å². The first kappa shape index (κ1) is 23.9. The maximum Gasteiger partial charge on any atom is 0.225 e. The second-order valence-electron chi connectivity index (χ2n) is 8.86. The highest BCUT2D eigenvalue weighted by Gasteiger charge is 2.30. The zero-order valence-corrected chi connectivity index (χ0v) is 20.8. The summed E-state index contributed by atoms with van der Waals surface area (Å²) in [5.74, 6) is 1.46. The molecule has 2 aromatic heterocycles. The van der Waals surface area contributed by atoms with Crippen LogP contribution >= 0.6 is 11.3 Å². The summed E-state index contributed by atoms with van der Waals surface area (Å²) in [5, 5.41) is 12.0. The van der Waals surface area contributed by atoms with Crippen LogP contribution in [0, 0.1) is 11.3 Å². The number of nitrogens with one attached hydrogen (secondary N) is 2. The van der Waals surface area contributed by atoms with Gasteiger partial charge in [-0.15, -0.1) is 11.3 Å². The molecule has 3 aromatic rings. The fourth-order valence-electron chi connectivity index (χ4n) is 4.32. The Bertz CT molecular complexity index is 1220. The van der Waals surface area contributed by atoms with Crippen molar-refractivity contribution >= 4 is 50.9 Å². The summed E-state index contributed by atoms with van der Waals surface area (Å²) < 4.78 is 5.50. The largest absolute Gasteiger partial charge is 0.494 e. The van der Waals surface area contributed by atoms with Crippen molar-refractivity contribution in [3.8, 4) is 5.75 Å². The van der Waals surface area contributed by atoms with E-state index in [9.17, 15) is 4.79 Å². The number of aromatic nitrogens is 2. The number of nitrogens with two attached hydrogens (primary N) is 1. The van der Waals surface area contributed by atoms with Crippen molar-refractivity contribution in [2.24, 2.45) is 5.92 Å². The molecule has 1 unspecified atom stereocenters. The smallest absolute Gasteiger partial charge is 0.225 e. The van der Waals surface area contributed by atoms with Crippen LogP contribution in [0.3, 0.4) is 0 Å². The lowest BCUT2D eigenvalue weighted by atomic mass is 9.87. The fourth-order valence-corrected chi connectivity index (χ4v) is 5.59. The third-order valence-electron chi connectivity index (χ3n) is 6.27. The molecule has 1 aliphatic carbocycles. The first-order chi connectivity index (χ1) is 16.3. The summed E-state index contributed by atoms with van der Waals surface area (Å²) in [4.78, 5) is 28.1. The van der Waals surface area contributed by atoms with Crippen LogP contribution < -0.4 is 15.8 Å². The van der Waals surface area contributed by atoms with Gasteiger partial charge >= 0.3 is 0 Å². The van der Waals surface area contributed by atoms with Gasteiger partial charge in [-0.2, -0.15) is 0 Å². The molecule has 4 N–H and O–H groups in total. The molecule has 10 heteroatoms. The Balaban J connectivity index is 1.62. The van der Waals surface area contributed by atoms with Gasteiger partial charge in [-0.25, -0.2) is 9.97 Å². The maximum absolute atomic E-state index is 13.0. The number of thiophene rings is 1. The number of carbonyl (C=O) groups excluding carboxylic acids is 1. The van der Waals surface area contributed by atoms with Crippen LogP contribution in [-0.4, -0.2) is 73.2 Å². The standard InChI is InChI=1S/C24H31N7O2S/c1-30(2)7-8-31(3)24(32)14-5-6-16-20(10-14)34-23-21(16)22(27-13-28-23)29-18-9-15(12-25)17(26)11-19(18)33-4/h9,11-14,25H,5-8,10,26H2,1-4H3,(H,27,28,29). The highest BCUT2D eigenvalue weighted by Crippen LogP contribution is 2.41. The summed E-state index contributed by atoms with van der Waals surface area (Å²) in [5.41, 5.74) is 8.98. The number of likely N-dealkylation sites (N-methyl/N-ethyl adjacent to an activating group) is 2. The number of ether oxygens (including phenoxy) is 1. The molecular formula is C24H31N7O2S. The van der Waals surface area contributed by atoms with E-state index in [1.54, 1.807) is 36.9 Å². The predicted octanol–water partition coefficient (Wildman–Crippen LogP) is 3.15. The third-order valence-corrected chi connectivity index (χ3v) is 7.43. The van der Waals surface area contributed by atoms with Crippen LogP contribution in [0.5, 0.6) is 5.75 Å². The maximum atomic E-state index is 13.0. The third kappa shape index (κ3) is 4.69. The number of methoxy groups -OCH3 is 1. The molecule has 4 rings (SSSR count). The van der Waals surface area contributed by atoms with Crippen molar-refractivity contribution < 1.29 is 9.53 Å². The first-order valence-corrected chi connectivity index (χ1v) is 12.0. The number of amides is 1. The Morgan fingerprint density at radius 2 is 2.12 bits per heavy atom. The molecule has 1 aromatic carbocycles. The van der Waals surface area contributed by atoms with Gasteiger partial charge in [0.15, 0.2) is 0 Å². The van der Waals surface area contributed by atoms with Gasteiger partial charge < -0.3 is 31.0 Å². The molecule has 1 atom stereocenters. The monoisotopic (exact) mass is 481 g/mol. The Kier molecular flexibility index (Phi) is 6.99. The average Bonchev–Trinajstić information content (AvgIpc) is 3.21. The molecule has 0 saturated carbocycles. The summed E-state index contributed by atoms with van der Waals surface area (Å²) in [6.07, 6.45) is 5.10. The molecule has 1 aliphatic rings. The van der Waals surface area contributed by atoms with Crippen molar-refractivity contribution in [3.63, 3.8) is 0 Å². The second-order valence-corrected chi connectivity index (χ2v) is 9.94. The van der Waals surface area contributed by atoms with Crippen LogP contribution in [0.2, 0.25) is 0 Å². The molecule has 34 heavy (non-hydrogen) atoms. The SMILES string of the molecule is COc1cc(N)c(C=N)cc1Nc1ncnc2sc3c(c12)CCC(C(=O)N(C)CCN(C)C)C3. The van der Waals surface area contributed by atoms with Crippen molar-refractivity contribution in [1.82, 2.24) is 19.8 Å². The van der Waals surface area contributed by atoms with Gasteiger partial charge in [0.1, 0.15) is 22.7 Å². The lowest BCUT2D eigenvalue weighted by Crippen LogP contribution is -2.39. The highest BCUT2D eigenvalue weighted by molar-refractivity contribution is 7.19. The number of hydrogen-bond acceptors (Lipinski definition) is 9. The van der Waals surface area contributed by atoms with Gasteiger partial charge in [-0.1, -0.05) is 0 Å². The van der Waals surface area contributed by atoms with E-state index in [0.717, 1.165) is 42.6 Å². The summed E-state index contributed by atoms with van der Waals surface area (Å²) in [6.45, 7) is 1.57. The van der Waals surface area contributed by atoms with Gasteiger partial charge in [0, 0.05) is 54.5 Å². The second kappa shape index (κ2) is 9.94. The minimum Gasteiger partial charge on any atom is -0.494 e. The number of rotatable bonds is 8. The topological polar surface area (TPSA) is 120 Å². The summed E-state index contributed by atoms with van der Waals surface area (Å²) >= 11 is 1.64. The van der Waals surface area contributed by atoms with E-state index in [4.69, 9.17) is 15.9 Å². The molecule has 0 bridgehead atoms. The summed E-state index contributed by atoms with van der Waals surface area (Å²) in [6, 6.07) is 3.49. The van der Waals surface area contributed by atoms with Crippen molar-refractivity contribution in [2.45, 2.75) is 19.3 Å². The minimum atomic E-state index is -0.00978. The van der Waals surface area contributed by atoms with Gasteiger partial charge in [0.25, 0.3) is 0 Å². The number of carbonyl (C=O) groups is 1. The number of nitrogens with zero attached hydrogens (tertiary/aromatic N) is 4. The Morgan fingerprint density at radius 1 is 1.32 bits per heavy atom. The molecule has 9 nitrogen and oxygen atoms in total. The minimum absolute atomic E-state index is 0.00978. The number of nitrogen functional groups attached to an aromatic ring is 1. The summed E-state index contributed by atoms with van der Waals surface area (Å²) in [7, 11) is 7.50. The fraction of sp³-hybridized carbons (Fsp3) is 0.417. The van der Waals surface area contributed by atoms with E-state index < -0.39 is 0 Å². The lowest BCUT2D eigenvalue weighted by Gasteiger charge is -2.27. The van der Waals surface area contributed by atoms with Gasteiger partial charge in [0.2, 0.25) is 5.91 Å². The number of aryl methyl sites for hydroxylation is 1. The molecule has 2 heterocycles. The molecule has 180 valence electrons. The molecular weight excluding hydrogens is 450 g/mol. The van der Waals surface area contributed by atoms with E-state index in [-0.39, 0.29) is 11.8 Å². The van der Waals surface area contributed by atoms with E-state index >= 15 is 0 Å². The molecule has 0 aliphatic heterocycles. The van der Waals surface area contributed by atoms with E-state index in [1.165, 1.54) is 16.7 Å². The van der Waals surface area contributed by atoms with Crippen molar-refractivity contribution in [3.05, 3.63) is 34.5 Å². The van der Waals surface area contributed by atoms with Gasteiger partial charge in [-0.3, -0.25) is 4.79 Å². The molecule has 0 spiro atoms. The Labute approximate surface area is 203 Å². The van der Waals surface area contributed by atoms with Crippen LogP contribution in [0.1, 0.15) is 22.4 Å². The molecule has 0 saturated heterocycles. The first-order valence-electron chi connectivity index (χ1n) is 11.2. The predicted molar refractivity (Wildman–Crippen MR) is 138 cm³/mol. The lowest BCUT2D eigenvalue weighted by molar-refractivity contribution is -0.134.